The van der Waals surface area contributed by atoms with Gasteiger partial charge in [-0.2, -0.15) is 0 Å². The predicted octanol–water partition coefficient (Wildman–Crippen LogP) is 4.33. The van der Waals surface area contributed by atoms with E-state index < -0.39 is 0 Å². The Hall–Kier alpha value is -2.52. The fourth-order valence-corrected chi connectivity index (χ4v) is 4.07. The van der Waals surface area contributed by atoms with Gasteiger partial charge in [0.15, 0.2) is 0 Å². The number of hydrogen-bond acceptors (Lipinski definition) is 4. The number of carbonyl (C=O) groups excluding carboxylic acids is 2. The van der Waals surface area contributed by atoms with Gasteiger partial charge < -0.3 is 31.1 Å². The first kappa shape index (κ1) is 26.1. The first-order chi connectivity index (χ1) is 16.5. The van der Waals surface area contributed by atoms with Crippen LogP contribution in [0.1, 0.15) is 12.8 Å². The zero-order chi connectivity index (χ0) is 24.2. The number of hydrogen-bond donors (Lipinski definition) is 4. The highest BCUT2D eigenvalue weighted by Crippen LogP contribution is 2.20. The number of rotatable bonds is 10. The second-order valence-corrected chi connectivity index (χ2v) is 8.93. The number of benzene rings is 2. The second-order valence-electron chi connectivity index (χ2n) is 8.11. The summed E-state index contributed by atoms with van der Waals surface area (Å²) >= 11 is 12.1. The summed E-state index contributed by atoms with van der Waals surface area (Å²) < 4.78 is 0. The summed E-state index contributed by atoms with van der Waals surface area (Å²) in [5.41, 5.74) is 1.21. The number of nitrogens with one attached hydrogen (secondary N) is 4. The Kier molecular flexibility index (Phi) is 10.8. The summed E-state index contributed by atoms with van der Waals surface area (Å²) in [5, 5.41) is 12.3. The van der Waals surface area contributed by atoms with Crippen LogP contribution in [0.15, 0.2) is 48.5 Å². The molecule has 3 rings (SSSR count). The quantitative estimate of drug-likeness (QED) is 0.361. The Morgan fingerprint density at radius 2 is 1.06 bits per heavy atom. The molecule has 4 N–H and O–H groups in total. The Morgan fingerprint density at radius 3 is 1.44 bits per heavy atom. The van der Waals surface area contributed by atoms with E-state index in [-0.39, 0.29) is 12.1 Å². The molecule has 0 aromatic heterocycles. The SMILES string of the molecule is O=C(NCCCN1CCN(CCCNC(=O)Nc2ccccc2Cl)CC1)Nc1ccccc1Cl. The largest absolute Gasteiger partial charge is 0.338 e. The third-order valence-electron chi connectivity index (χ3n) is 5.58. The van der Waals surface area contributed by atoms with Crippen molar-refractivity contribution in [1.82, 2.24) is 20.4 Å². The molecule has 0 bridgehead atoms. The first-order valence-electron chi connectivity index (χ1n) is 11.5. The van der Waals surface area contributed by atoms with Gasteiger partial charge in [0.2, 0.25) is 0 Å². The van der Waals surface area contributed by atoms with E-state index in [2.05, 4.69) is 31.1 Å². The molecule has 1 aliphatic heterocycles. The smallest absolute Gasteiger partial charge is 0.319 e. The number of halogens is 2. The molecule has 1 aliphatic rings. The number of anilines is 2. The summed E-state index contributed by atoms with van der Waals surface area (Å²) in [6.07, 6.45) is 1.78. The summed E-state index contributed by atoms with van der Waals surface area (Å²) in [6.45, 7) is 7.14. The van der Waals surface area contributed by atoms with Crippen molar-refractivity contribution >= 4 is 46.6 Å². The van der Waals surface area contributed by atoms with Crippen LogP contribution < -0.4 is 21.3 Å². The standard InChI is InChI=1S/C24H32Cl2N6O2/c25-19-7-1-3-9-21(19)29-23(33)27-11-5-13-31-15-17-32(18-16-31)14-6-12-28-24(34)30-22-10-4-2-8-20(22)26/h1-4,7-10H,5-6,11-18H2,(H2,27,29,33)(H2,28,30,34). The average molecular weight is 507 g/mol. The Bertz CT molecular complexity index is 862. The average Bonchev–Trinajstić information content (AvgIpc) is 2.83. The van der Waals surface area contributed by atoms with Crippen LogP contribution in [-0.2, 0) is 0 Å². The number of carbonyl (C=O) groups is 2. The van der Waals surface area contributed by atoms with Crippen molar-refractivity contribution < 1.29 is 9.59 Å². The van der Waals surface area contributed by atoms with Crippen molar-refractivity contribution in [2.24, 2.45) is 0 Å². The normalized spacial score (nSPS) is 14.4. The van der Waals surface area contributed by atoms with Crippen molar-refractivity contribution in [2.45, 2.75) is 12.8 Å². The van der Waals surface area contributed by atoms with Gasteiger partial charge in [0, 0.05) is 39.3 Å². The molecule has 184 valence electrons. The lowest BCUT2D eigenvalue weighted by Crippen LogP contribution is -2.47. The highest BCUT2D eigenvalue weighted by Gasteiger charge is 2.16. The van der Waals surface area contributed by atoms with Crippen molar-refractivity contribution in [1.29, 1.82) is 0 Å². The van der Waals surface area contributed by atoms with Gasteiger partial charge in [-0.15, -0.1) is 0 Å². The zero-order valence-corrected chi connectivity index (χ0v) is 20.7. The topological polar surface area (TPSA) is 88.7 Å². The maximum absolute atomic E-state index is 12.0. The highest BCUT2D eigenvalue weighted by molar-refractivity contribution is 6.34. The van der Waals surface area contributed by atoms with E-state index in [1.807, 2.05) is 24.3 Å². The lowest BCUT2D eigenvalue weighted by atomic mass is 10.2. The van der Waals surface area contributed by atoms with Gasteiger partial charge in [-0.3, -0.25) is 0 Å². The molecule has 0 unspecified atom stereocenters. The molecule has 0 aliphatic carbocycles. The van der Waals surface area contributed by atoms with E-state index in [1.54, 1.807) is 24.3 Å². The van der Waals surface area contributed by atoms with Crippen molar-refractivity contribution in [3.63, 3.8) is 0 Å². The van der Waals surface area contributed by atoms with Gasteiger partial charge >= 0.3 is 12.1 Å². The van der Waals surface area contributed by atoms with Crippen LogP contribution in [0.2, 0.25) is 10.0 Å². The second kappa shape index (κ2) is 14.0. The van der Waals surface area contributed by atoms with Gasteiger partial charge in [0.05, 0.1) is 21.4 Å². The van der Waals surface area contributed by atoms with Crippen LogP contribution in [0.4, 0.5) is 21.0 Å². The van der Waals surface area contributed by atoms with Crippen LogP contribution >= 0.6 is 23.2 Å². The Balaban J connectivity index is 1.20. The van der Waals surface area contributed by atoms with Gasteiger partial charge in [-0.05, 0) is 50.2 Å². The van der Waals surface area contributed by atoms with Crippen LogP contribution in [0.25, 0.3) is 0 Å². The molecule has 10 heteroatoms. The van der Waals surface area contributed by atoms with E-state index in [4.69, 9.17) is 23.2 Å². The zero-order valence-electron chi connectivity index (χ0n) is 19.2. The molecular formula is C24H32Cl2N6O2. The lowest BCUT2D eigenvalue weighted by molar-refractivity contribution is 0.130. The summed E-state index contributed by atoms with van der Waals surface area (Å²) in [7, 11) is 0. The van der Waals surface area contributed by atoms with Crippen LogP contribution in [0.5, 0.6) is 0 Å². The number of para-hydroxylation sites is 2. The molecule has 1 fully saturated rings. The number of piperazine rings is 1. The van der Waals surface area contributed by atoms with Crippen LogP contribution in [0, 0.1) is 0 Å². The molecule has 0 atom stereocenters. The van der Waals surface area contributed by atoms with Gasteiger partial charge in [-0.25, -0.2) is 9.59 Å². The molecule has 0 saturated carbocycles. The monoisotopic (exact) mass is 506 g/mol. The predicted molar refractivity (Wildman–Crippen MR) is 139 cm³/mol. The van der Waals surface area contributed by atoms with Gasteiger partial charge in [0.25, 0.3) is 0 Å². The lowest BCUT2D eigenvalue weighted by Gasteiger charge is -2.34. The van der Waals surface area contributed by atoms with Crippen LogP contribution in [0.3, 0.4) is 0 Å². The molecule has 1 heterocycles. The first-order valence-corrected chi connectivity index (χ1v) is 12.3. The molecule has 2 aromatic carbocycles. The Labute approximate surface area is 211 Å². The minimum Gasteiger partial charge on any atom is -0.338 e. The van der Waals surface area contributed by atoms with E-state index in [0.29, 0.717) is 34.5 Å². The van der Waals surface area contributed by atoms with E-state index >= 15 is 0 Å². The van der Waals surface area contributed by atoms with E-state index in [1.165, 1.54) is 0 Å². The third kappa shape index (κ3) is 9.02. The van der Waals surface area contributed by atoms with E-state index in [9.17, 15) is 9.59 Å². The molecule has 2 aromatic rings. The third-order valence-corrected chi connectivity index (χ3v) is 6.24. The minimum atomic E-state index is -0.243. The fraction of sp³-hybridized carbons (Fsp3) is 0.417. The maximum atomic E-state index is 12.0. The number of nitrogens with zero attached hydrogens (tertiary/aromatic N) is 2. The summed E-state index contributed by atoms with van der Waals surface area (Å²) in [4.78, 5) is 28.8. The van der Waals surface area contributed by atoms with E-state index in [0.717, 1.165) is 52.1 Å². The molecule has 1 saturated heterocycles. The van der Waals surface area contributed by atoms with Crippen LogP contribution in [-0.4, -0.2) is 74.2 Å². The molecule has 8 nitrogen and oxygen atoms in total. The molecule has 0 radical (unpaired) electrons. The van der Waals surface area contributed by atoms with Gasteiger partial charge in [0.1, 0.15) is 0 Å². The number of urea groups is 2. The van der Waals surface area contributed by atoms with Crippen molar-refractivity contribution in [3.05, 3.63) is 58.6 Å². The molecule has 0 spiro atoms. The Morgan fingerprint density at radius 1 is 0.676 bits per heavy atom. The minimum absolute atomic E-state index is 0.243. The van der Waals surface area contributed by atoms with Crippen molar-refractivity contribution in [2.75, 3.05) is 63.0 Å². The summed E-state index contributed by atoms with van der Waals surface area (Å²) in [6, 6.07) is 13.8. The highest BCUT2D eigenvalue weighted by atomic mass is 35.5. The summed E-state index contributed by atoms with van der Waals surface area (Å²) in [5.74, 6) is 0. The molecule has 4 amide bonds. The van der Waals surface area contributed by atoms with Crippen molar-refractivity contribution in [3.8, 4) is 0 Å². The molecular weight excluding hydrogens is 475 g/mol. The maximum Gasteiger partial charge on any atom is 0.319 e. The molecule has 34 heavy (non-hydrogen) atoms. The fourth-order valence-electron chi connectivity index (χ4n) is 3.70. The van der Waals surface area contributed by atoms with Gasteiger partial charge in [-0.1, -0.05) is 47.5 Å². The number of amides is 4.